The largest absolute Gasteiger partial charge is 0.488 e. The van der Waals surface area contributed by atoms with E-state index in [-0.39, 0.29) is 0 Å². The van der Waals surface area contributed by atoms with Crippen molar-refractivity contribution < 1.29 is 4.74 Å². The van der Waals surface area contributed by atoms with Gasteiger partial charge < -0.3 is 10.1 Å². The van der Waals surface area contributed by atoms with E-state index in [0.717, 1.165) is 35.0 Å². The lowest BCUT2D eigenvalue weighted by Crippen LogP contribution is -2.22. The van der Waals surface area contributed by atoms with Crippen molar-refractivity contribution >= 4 is 11.3 Å². The molecule has 0 aliphatic rings. The van der Waals surface area contributed by atoms with E-state index in [2.05, 4.69) is 42.3 Å². The normalized spacial score (nSPS) is 12.3. The van der Waals surface area contributed by atoms with Gasteiger partial charge >= 0.3 is 0 Å². The molecule has 0 spiro atoms. The smallest absolute Gasteiger partial charge is 0.124 e. The van der Waals surface area contributed by atoms with Crippen LogP contribution in [0.15, 0.2) is 30.5 Å². The van der Waals surface area contributed by atoms with Gasteiger partial charge in [0, 0.05) is 17.8 Å². The van der Waals surface area contributed by atoms with Crippen molar-refractivity contribution in [2.45, 2.75) is 46.3 Å². The zero-order chi connectivity index (χ0) is 15.1. The number of hydrogen-bond donors (Lipinski definition) is 1. The number of nitrogens with one attached hydrogen (secondary N) is 1. The monoisotopic (exact) mass is 304 g/mol. The molecule has 0 bridgehead atoms. The molecule has 1 unspecified atom stereocenters. The van der Waals surface area contributed by atoms with Crippen molar-refractivity contribution in [2.75, 3.05) is 6.54 Å². The summed E-state index contributed by atoms with van der Waals surface area (Å²) in [6.45, 7) is 8.03. The molecular formula is C17H24N2OS. The van der Waals surface area contributed by atoms with E-state index in [0.29, 0.717) is 12.6 Å². The maximum Gasteiger partial charge on any atom is 0.124 e. The Bertz CT molecular complexity index is 553. The highest BCUT2D eigenvalue weighted by atomic mass is 32.1. The maximum atomic E-state index is 6.03. The summed E-state index contributed by atoms with van der Waals surface area (Å²) >= 11 is 1.69. The number of benzene rings is 1. The van der Waals surface area contributed by atoms with Crippen LogP contribution >= 0.6 is 11.3 Å². The van der Waals surface area contributed by atoms with Gasteiger partial charge in [0.1, 0.15) is 12.4 Å². The predicted octanol–water partition coefficient (Wildman–Crippen LogP) is 4.48. The molecule has 1 aromatic heterocycles. The van der Waals surface area contributed by atoms with E-state index in [9.17, 15) is 0 Å². The average Bonchev–Trinajstić information content (AvgIpc) is 2.92. The summed E-state index contributed by atoms with van der Waals surface area (Å²) < 4.78 is 6.03. The van der Waals surface area contributed by atoms with E-state index in [1.807, 2.05) is 19.2 Å². The Morgan fingerprint density at radius 2 is 2.10 bits per heavy atom. The molecule has 1 aromatic carbocycles. The van der Waals surface area contributed by atoms with Crippen LogP contribution in [0, 0.1) is 6.92 Å². The third-order valence-electron chi connectivity index (χ3n) is 3.38. The minimum Gasteiger partial charge on any atom is -0.488 e. The molecule has 2 aromatic rings. The minimum absolute atomic E-state index is 0.351. The molecule has 0 saturated carbocycles. The fraction of sp³-hybridized carbons (Fsp3) is 0.471. The number of aryl methyl sites for hydroxylation is 1. The van der Waals surface area contributed by atoms with E-state index in [1.165, 1.54) is 5.56 Å². The van der Waals surface area contributed by atoms with Crippen LogP contribution in [0.25, 0.3) is 0 Å². The van der Waals surface area contributed by atoms with Gasteiger partial charge in [0.15, 0.2) is 0 Å². The first-order valence-electron chi connectivity index (χ1n) is 7.61. The molecule has 0 aliphatic heterocycles. The third kappa shape index (κ3) is 4.55. The Kier molecular flexibility index (Phi) is 6.21. The molecule has 0 aliphatic carbocycles. The third-order valence-corrected chi connectivity index (χ3v) is 4.27. The van der Waals surface area contributed by atoms with Gasteiger partial charge in [0.25, 0.3) is 0 Å². The first-order valence-corrected chi connectivity index (χ1v) is 8.42. The number of aromatic nitrogens is 1. The van der Waals surface area contributed by atoms with Crippen molar-refractivity contribution in [3.8, 4) is 5.75 Å². The van der Waals surface area contributed by atoms with Crippen molar-refractivity contribution in [2.24, 2.45) is 0 Å². The Labute approximate surface area is 131 Å². The fourth-order valence-electron chi connectivity index (χ4n) is 2.31. The quantitative estimate of drug-likeness (QED) is 0.780. The van der Waals surface area contributed by atoms with E-state index in [4.69, 9.17) is 4.74 Å². The molecule has 2 rings (SSSR count). The topological polar surface area (TPSA) is 34.1 Å². The van der Waals surface area contributed by atoms with E-state index < -0.39 is 0 Å². The lowest BCUT2D eigenvalue weighted by atomic mass is 10.0. The highest BCUT2D eigenvalue weighted by Crippen LogP contribution is 2.28. The second kappa shape index (κ2) is 8.15. The molecule has 1 heterocycles. The lowest BCUT2D eigenvalue weighted by Gasteiger charge is -2.20. The van der Waals surface area contributed by atoms with Gasteiger partial charge in [-0.3, -0.25) is 0 Å². The molecule has 0 amide bonds. The second-order valence-electron chi connectivity index (χ2n) is 5.09. The van der Waals surface area contributed by atoms with Crippen LogP contribution in [0.2, 0.25) is 0 Å². The fourth-order valence-corrected chi connectivity index (χ4v) is 3.02. The summed E-state index contributed by atoms with van der Waals surface area (Å²) in [5.74, 6) is 0.971. The summed E-state index contributed by atoms with van der Waals surface area (Å²) in [4.78, 5) is 5.43. The Morgan fingerprint density at radius 3 is 2.76 bits per heavy atom. The number of thiazole rings is 1. The Morgan fingerprint density at radius 1 is 1.29 bits per heavy atom. The Hall–Kier alpha value is -1.39. The zero-order valence-electron chi connectivity index (χ0n) is 13.1. The first kappa shape index (κ1) is 16.0. The number of hydrogen-bond acceptors (Lipinski definition) is 4. The molecule has 0 saturated heterocycles. The molecule has 1 atom stereocenters. The SMILES string of the molecule is CCCNC(CC)c1ccccc1OCc1cnc(C)s1. The molecular weight excluding hydrogens is 280 g/mol. The van der Waals surface area contributed by atoms with Gasteiger partial charge in [-0.05, 0) is 32.4 Å². The minimum atomic E-state index is 0.351. The van der Waals surface area contributed by atoms with Gasteiger partial charge in [0.2, 0.25) is 0 Å². The summed E-state index contributed by atoms with van der Waals surface area (Å²) in [5.41, 5.74) is 1.25. The zero-order valence-corrected chi connectivity index (χ0v) is 13.9. The summed E-state index contributed by atoms with van der Waals surface area (Å²) in [5, 5.41) is 4.67. The van der Waals surface area contributed by atoms with Crippen molar-refractivity contribution in [1.82, 2.24) is 10.3 Å². The molecule has 0 fully saturated rings. The van der Waals surface area contributed by atoms with Crippen molar-refractivity contribution in [3.05, 3.63) is 45.9 Å². The standard InChI is InChI=1S/C17H24N2OS/c1-4-10-18-16(5-2)15-8-6-7-9-17(15)20-12-14-11-19-13(3)21-14/h6-9,11,16,18H,4-5,10,12H2,1-3H3. The van der Waals surface area contributed by atoms with Crippen LogP contribution in [0.5, 0.6) is 5.75 Å². The van der Waals surface area contributed by atoms with Gasteiger partial charge in [0.05, 0.1) is 9.88 Å². The van der Waals surface area contributed by atoms with Gasteiger partial charge in [-0.15, -0.1) is 11.3 Å². The second-order valence-corrected chi connectivity index (χ2v) is 6.41. The molecule has 0 radical (unpaired) electrons. The summed E-state index contributed by atoms with van der Waals surface area (Å²) in [6, 6.07) is 8.67. The highest BCUT2D eigenvalue weighted by Gasteiger charge is 2.13. The van der Waals surface area contributed by atoms with Gasteiger partial charge in [-0.2, -0.15) is 0 Å². The molecule has 114 valence electrons. The molecule has 1 N–H and O–H groups in total. The van der Waals surface area contributed by atoms with E-state index >= 15 is 0 Å². The molecule has 3 nitrogen and oxygen atoms in total. The molecule has 21 heavy (non-hydrogen) atoms. The van der Waals surface area contributed by atoms with Crippen molar-refractivity contribution in [3.63, 3.8) is 0 Å². The number of nitrogens with zero attached hydrogens (tertiary/aromatic N) is 1. The van der Waals surface area contributed by atoms with Crippen LogP contribution in [0.3, 0.4) is 0 Å². The average molecular weight is 304 g/mol. The van der Waals surface area contributed by atoms with Crippen LogP contribution in [0.1, 0.15) is 48.2 Å². The molecule has 4 heteroatoms. The van der Waals surface area contributed by atoms with Crippen LogP contribution in [0.4, 0.5) is 0 Å². The highest BCUT2D eigenvalue weighted by molar-refractivity contribution is 7.11. The summed E-state index contributed by atoms with van der Waals surface area (Å²) in [6.07, 6.45) is 4.09. The van der Waals surface area contributed by atoms with E-state index in [1.54, 1.807) is 11.3 Å². The van der Waals surface area contributed by atoms with Crippen molar-refractivity contribution in [1.29, 1.82) is 0 Å². The van der Waals surface area contributed by atoms with Crippen LogP contribution < -0.4 is 10.1 Å². The number of rotatable bonds is 8. The van der Waals surface area contributed by atoms with Gasteiger partial charge in [-0.1, -0.05) is 32.0 Å². The summed E-state index contributed by atoms with van der Waals surface area (Å²) in [7, 11) is 0. The van der Waals surface area contributed by atoms with Crippen LogP contribution in [-0.4, -0.2) is 11.5 Å². The number of para-hydroxylation sites is 1. The van der Waals surface area contributed by atoms with Gasteiger partial charge in [-0.25, -0.2) is 4.98 Å². The van der Waals surface area contributed by atoms with Crippen LogP contribution in [-0.2, 0) is 6.61 Å². The lowest BCUT2D eigenvalue weighted by molar-refractivity contribution is 0.301. The Balaban J connectivity index is 2.08. The predicted molar refractivity (Wildman–Crippen MR) is 89.0 cm³/mol. The maximum absolute atomic E-state index is 6.03. The first-order chi connectivity index (χ1) is 10.2. The number of ether oxygens (including phenoxy) is 1.